The van der Waals surface area contributed by atoms with E-state index < -0.39 is 16.8 Å². The number of amides is 2. The summed E-state index contributed by atoms with van der Waals surface area (Å²) in [5.74, 6) is -1.42. The number of fused-ring (bicyclic) bond motifs is 1. The van der Waals surface area contributed by atoms with E-state index in [0.29, 0.717) is 35.8 Å². The topological polar surface area (TPSA) is 52.7 Å². The van der Waals surface area contributed by atoms with Crippen molar-refractivity contribution in [1.29, 1.82) is 0 Å². The van der Waals surface area contributed by atoms with Gasteiger partial charge >= 0.3 is 0 Å². The highest BCUT2D eigenvalue weighted by molar-refractivity contribution is 6.37. The maximum atomic E-state index is 15.2. The van der Waals surface area contributed by atoms with Gasteiger partial charge in [-0.2, -0.15) is 0 Å². The number of nitrogens with one attached hydrogen (secondary N) is 1. The number of likely N-dealkylation sites (tertiary alicyclic amines) is 1. The van der Waals surface area contributed by atoms with Crippen LogP contribution in [0.3, 0.4) is 0 Å². The lowest BCUT2D eigenvalue weighted by Crippen LogP contribution is -2.52. The van der Waals surface area contributed by atoms with Gasteiger partial charge in [0.15, 0.2) is 0 Å². The molecule has 32 heavy (non-hydrogen) atoms. The number of rotatable bonds is 4. The van der Waals surface area contributed by atoms with Gasteiger partial charge in [-0.05, 0) is 55.2 Å². The number of allylic oxidation sites excluding steroid dienone is 3. The lowest BCUT2D eigenvalue weighted by molar-refractivity contribution is -0.125. The molecule has 1 saturated heterocycles. The Hall–Kier alpha value is -2.31. The van der Waals surface area contributed by atoms with E-state index in [9.17, 15) is 9.59 Å². The van der Waals surface area contributed by atoms with E-state index in [1.165, 1.54) is 18.2 Å². The molecule has 1 aromatic carbocycles. The van der Waals surface area contributed by atoms with Crippen LogP contribution in [0.1, 0.15) is 28.8 Å². The monoisotopic (exact) mass is 477 g/mol. The average molecular weight is 478 g/mol. The Kier molecular flexibility index (Phi) is 6.37. The Morgan fingerprint density at radius 2 is 2.12 bits per heavy atom. The van der Waals surface area contributed by atoms with Crippen LogP contribution < -0.4 is 5.32 Å². The van der Waals surface area contributed by atoms with Gasteiger partial charge in [-0.3, -0.25) is 9.59 Å². The molecule has 2 heterocycles. The molecular weight excluding hydrogens is 452 g/mol. The quantitative estimate of drug-likeness (QED) is 0.513. The number of alkyl halides is 1. The number of hydrogen-bond acceptors (Lipinski definition) is 3. The zero-order valence-electron chi connectivity index (χ0n) is 17.9. The molecule has 5 nitrogen and oxygen atoms in total. The Bertz CT molecular complexity index is 1020. The Morgan fingerprint density at radius 3 is 2.88 bits per heavy atom. The molecule has 2 unspecified atom stereocenters. The van der Waals surface area contributed by atoms with Crippen LogP contribution in [0.5, 0.6) is 0 Å². The van der Waals surface area contributed by atoms with Crippen molar-refractivity contribution in [3.63, 3.8) is 0 Å². The lowest BCUT2D eigenvalue weighted by Gasteiger charge is -2.41. The summed E-state index contributed by atoms with van der Waals surface area (Å²) in [5.41, 5.74) is 1.43. The van der Waals surface area contributed by atoms with E-state index in [1.54, 1.807) is 16.8 Å². The van der Waals surface area contributed by atoms with Crippen LogP contribution in [0.25, 0.3) is 0 Å². The van der Waals surface area contributed by atoms with Crippen LogP contribution in [0.2, 0.25) is 0 Å². The molecule has 0 saturated carbocycles. The molecule has 0 radical (unpaired) electrons. The van der Waals surface area contributed by atoms with Crippen LogP contribution in [-0.4, -0.2) is 59.2 Å². The van der Waals surface area contributed by atoms with Crippen molar-refractivity contribution in [2.45, 2.75) is 30.2 Å². The van der Waals surface area contributed by atoms with Crippen molar-refractivity contribution in [3.05, 3.63) is 65.0 Å². The molecule has 0 aromatic heterocycles. The maximum absolute atomic E-state index is 15.2. The average Bonchev–Trinajstić information content (AvgIpc) is 3.14. The van der Waals surface area contributed by atoms with Crippen molar-refractivity contribution >= 4 is 40.7 Å². The van der Waals surface area contributed by atoms with Crippen molar-refractivity contribution in [1.82, 2.24) is 9.80 Å². The number of aryl methyl sites for hydroxylation is 1. The predicted octanol–water partition coefficient (Wildman–Crippen LogP) is 4.49. The summed E-state index contributed by atoms with van der Waals surface area (Å²) >= 11 is 12.9. The first kappa shape index (κ1) is 22.9. The molecule has 3 aliphatic rings. The Balaban J connectivity index is 1.73. The minimum absolute atomic E-state index is 0.0324. The third-order valence-electron chi connectivity index (χ3n) is 6.66. The zero-order chi connectivity index (χ0) is 23.0. The molecule has 8 heteroatoms. The van der Waals surface area contributed by atoms with Gasteiger partial charge in [0.25, 0.3) is 5.91 Å². The van der Waals surface area contributed by atoms with Gasteiger partial charge in [0, 0.05) is 43.0 Å². The maximum Gasteiger partial charge on any atom is 0.253 e. The molecule has 1 aromatic rings. The summed E-state index contributed by atoms with van der Waals surface area (Å²) in [6.45, 7) is 4.94. The van der Waals surface area contributed by atoms with E-state index in [1.807, 2.05) is 18.2 Å². The number of carbonyl (C=O) groups excluding carboxylic acids is 2. The lowest BCUT2D eigenvalue weighted by atomic mass is 9.77. The fourth-order valence-corrected chi connectivity index (χ4v) is 5.58. The number of anilines is 1. The minimum Gasteiger partial charge on any atom is -0.377 e. The Morgan fingerprint density at radius 1 is 1.34 bits per heavy atom. The number of carbonyl (C=O) groups is 2. The van der Waals surface area contributed by atoms with Crippen molar-refractivity contribution < 1.29 is 14.0 Å². The van der Waals surface area contributed by atoms with Gasteiger partial charge in [-0.25, -0.2) is 4.39 Å². The smallest absolute Gasteiger partial charge is 0.253 e. The molecule has 2 aliphatic heterocycles. The van der Waals surface area contributed by atoms with Gasteiger partial charge in [0.2, 0.25) is 5.91 Å². The summed E-state index contributed by atoms with van der Waals surface area (Å²) in [7, 11) is 1.80. The van der Waals surface area contributed by atoms with Gasteiger partial charge < -0.3 is 15.1 Å². The molecule has 1 fully saturated rings. The largest absolute Gasteiger partial charge is 0.377 e. The summed E-state index contributed by atoms with van der Waals surface area (Å²) in [6.07, 6.45) is 6.26. The molecule has 3 atom stereocenters. The second-order valence-corrected chi connectivity index (χ2v) is 9.59. The van der Waals surface area contributed by atoms with Gasteiger partial charge in [0.1, 0.15) is 5.83 Å². The standard InChI is InChI=1S/C24H26Cl2FN3O2/c1-3-20(31)30-12-10-24(14-30,21-19(27)9-8-18(25)22(21)26)28-16-7-6-15-5-4-11-29(2)23(32)17(15)13-16/h3,6-9,13,21-22,28H,1,4-5,10-12,14H2,2H3/t21?,22?,24-/m1/s1. The highest BCUT2D eigenvalue weighted by Crippen LogP contribution is 2.45. The summed E-state index contributed by atoms with van der Waals surface area (Å²) in [5, 5.41) is 3.05. The summed E-state index contributed by atoms with van der Waals surface area (Å²) in [4.78, 5) is 28.5. The van der Waals surface area contributed by atoms with Crippen LogP contribution in [0.15, 0.2) is 53.9 Å². The number of nitrogens with zero attached hydrogens (tertiary/aromatic N) is 2. The van der Waals surface area contributed by atoms with Crippen LogP contribution in [0.4, 0.5) is 10.1 Å². The first-order chi connectivity index (χ1) is 15.3. The van der Waals surface area contributed by atoms with Crippen molar-refractivity contribution in [2.24, 2.45) is 5.92 Å². The number of hydrogen-bond donors (Lipinski definition) is 1. The van der Waals surface area contributed by atoms with Gasteiger partial charge in [-0.1, -0.05) is 24.2 Å². The van der Waals surface area contributed by atoms with E-state index >= 15 is 4.39 Å². The van der Waals surface area contributed by atoms with Crippen LogP contribution >= 0.6 is 23.2 Å². The van der Waals surface area contributed by atoms with Gasteiger partial charge in [-0.15, -0.1) is 11.6 Å². The zero-order valence-corrected chi connectivity index (χ0v) is 19.4. The second-order valence-electron chi connectivity index (χ2n) is 8.68. The summed E-state index contributed by atoms with van der Waals surface area (Å²) < 4.78 is 15.2. The molecule has 170 valence electrons. The van der Waals surface area contributed by atoms with Crippen LogP contribution in [0, 0.1) is 5.92 Å². The molecule has 1 aliphatic carbocycles. The van der Waals surface area contributed by atoms with Gasteiger partial charge in [0.05, 0.1) is 16.8 Å². The first-order valence-corrected chi connectivity index (χ1v) is 11.5. The third kappa shape index (κ3) is 4.06. The molecule has 4 rings (SSSR count). The first-order valence-electron chi connectivity index (χ1n) is 10.7. The SMILES string of the molecule is C=CC(=O)N1CC[C@](Nc2ccc3c(c2)C(=O)N(C)CCC3)(C2C(F)=CC=C(Cl)C2Cl)C1. The fourth-order valence-electron chi connectivity index (χ4n) is 4.95. The Labute approximate surface area is 197 Å². The molecule has 2 amide bonds. The van der Waals surface area contributed by atoms with Crippen LogP contribution in [-0.2, 0) is 11.2 Å². The molecule has 0 spiro atoms. The highest BCUT2D eigenvalue weighted by atomic mass is 35.5. The van der Waals surface area contributed by atoms with E-state index in [4.69, 9.17) is 23.2 Å². The highest BCUT2D eigenvalue weighted by Gasteiger charge is 2.51. The van der Waals surface area contributed by atoms with E-state index in [-0.39, 0.29) is 24.2 Å². The van der Waals surface area contributed by atoms with Crippen molar-refractivity contribution in [2.75, 3.05) is 32.0 Å². The molecular formula is C24H26Cl2FN3O2. The normalized spacial score (nSPS) is 27.9. The fraction of sp³-hybridized carbons (Fsp3) is 0.417. The predicted molar refractivity (Wildman–Crippen MR) is 126 cm³/mol. The second kappa shape index (κ2) is 8.91. The van der Waals surface area contributed by atoms with Crippen molar-refractivity contribution in [3.8, 4) is 0 Å². The minimum atomic E-state index is -0.895. The van der Waals surface area contributed by atoms with E-state index in [2.05, 4.69) is 11.9 Å². The van der Waals surface area contributed by atoms with E-state index in [0.717, 1.165) is 18.4 Å². The number of halogens is 3. The number of benzene rings is 1. The summed E-state index contributed by atoms with van der Waals surface area (Å²) in [6, 6.07) is 5.68. The third-order valence-corrected chi connectivity index (χ3v) is 7.62. The molecule has 0 bridgehead atoms. The molecule has 1 N–H and O–H groups in total.